The number of aliphatic hydroxyl groups is 1. The molecule has 1 aliphatic heterocycles. The second-order valence-electron chi connectivity index (χ2n) is 8.93. The molecule has 1 aliphatic carbocycles. The number of aliphatic hydroxyl groups excluding tert-OH is 1. The Morgan fingerprint density at radius 1 is 1.45 bits per heavy atom. The zero-order valence-electron chi connectivity index (χ0n) is 18.1. The average Bonchev–Trinajstić information content (AvgIpc) is 3.13. The maximum Gasteiger partial charge on any atom is 0.185 e. The number of allylic oxidation sites excluding steroid dienone is 4. The van der Waals surface area contributed by atoms with E-state index < -0.39 is 0 Å². The molecule has 0 amide bonds. The molecular weight excluding hydrogens is 433 g/mol. The maximum atomic E-state index is 10.3. The number of hydrogen-bond acceptors (Lipinski definition) is 6. The molecule has 8 heteroatoms. The minimum atomic E-state index is 0.0636. The van der Waals surface area contributed by atoms with E-state index in [2.05, 4.69) is 27.1 Å². The van der Waals surface area contributed by atoms with Crippen LogP contribution in [0.3, 0.4) is 0 Å². The Balaban J connectivity index is 1.52. The van der Waals surface area contributed by atoms with Crippen molar-refractivity contribution in [3.8, 4) is 0 Å². The third kappa shape index (κ3) is 7.18. The van der Waals surface area contributed by atoms with Crippen LogP contribution >= 0.6 is 23.2 Å². The standard InChI is InChI=1S/C23H31Cl2N5O/c1-16(26)5-7-19-13-30(15-28-19)14-23(2)9-3-4-17(11-23)6-8-21(31)29-22-20(25)10-18(24)12-27-22/h5,7-8,10,12,15,17,31H,3-4,6,9,11,13-14,26H2,1-2H3,(H,27,29)/b16-5-,19-7+,21-8+. The predicted molar refractivity (Wildman–Crippen MR) is 129 cm³/mol. The molecule has 1 aromatic heterocycles. The number of halogens is 2. The van der Waals surface area contributed by atoms with Crippen LogP contribution in [-0.4, -0.2) is 34.4 Å². The number of nitrogens with zero attached hydrogens (tertiary/aromatic N) is 3. The molecule has 0 bridgehead atoms. The predicted octanol–water partition coefficient (Wildman–Crippen LogP) is 5.88. The largest absolute Gasteiger partial charge is 0.495 e. The van der Waals surface area contributed by atoms with Gasteiger partial charge in [0.1, 0.15) is 0 Å². The summed E-state index contributed by atoms with van der Waals surface area (Å²) >= 11 is 12.0. The summed E-state index contributed by atoms with van der Waals surface area (Å²) < 4.78 is 0. The Hall–Kier alpha value is -2.18. The molecule has 3 rings (SSSR count). The zero-order chi connectivity index (χ0) is 22.4. The maximum absolute atomic E-state index is 10.3. The highest BCUT2D eigenvalue weighted by molar-refractivity contribution is 6.35. The van der Waals surface area contributed by atoms with Crippen molar-refractivity contribution in [2.45, 2.75) is 46.0 Å². The smallest absolute Gasteiger partial charge is 0.185 e. The van der Waals surface area contributed by atoms with Crippen LogP contribution in [0.25, 0.3) is 0 Å². The fraction of sp³-hybridized carbons (Fsp3) is 0.478. The Bertz CT molecular complexity index is 907. The summed E-state index contributed by atoms with van der Waals surface area (Å²) in [6, 6.07) is 1.59. The molecule has 2 heterocycles. The normalized spacial score (nSPS) is 26.0. The van der Waals surface area contributed by atoms with Gasteiger partial charge in [0, 0.05) is 18.4 Å². The molecule has 4 N–H and O–H groups in total. The van der Waals surface area contributed by atoms with Crippen molar-refractivity contribution in [2.24, 2.45) is 22.1 Å². The van der Waals surface area contributed by atoms with Gasteiger partial charge in [0.25, 0.3) is 0 Å². The van der Waals surface area contributed by atoms with Crippen LogP contribution in [0.5, 0.6) is 0 Å². The number of aromatic nitrogens is 1. The Morgan fingerprint density at radius 3 is 3.00 bits per heavy atom. The van der Waals surface area contributed by atoms with Gasteiger partial charge < -0.3 is 21.1 Å². The van der Waals surface area contributed by atoms with Crippen molar-refractivity contribution in [2.75, 3.05) is 18.4 Å². The number of anilines is 1. The van der Waals surface area contributed by atoms with E-state index >= 15 is 0 Å². The van der Waals surface area contributed by atoms with Crippen LogP contribution in [0.4, 0.5) is 5.82 Å². The van der Waals surface area contributed by atoms with Gasteiger partial charge in [0.05, 0.1) is 28.6 Å². The van der Waals surface area contributed by atoms with E-state index in [1.54, 1.807) is 6.07 Å². The molecule has 2 unspecified atom stereocenters. The van der Waals surface area contributed by atoms with Crippen molar-refractivity contribution in [3.63, 3.8) is 0 Å². The van der Waals surface area contributed by atoms with E-state index in [9.17, 15) is 5.11 Å². The fourth-order valence-corrected chi connectivity index (χ4v) is 4.80. The van der Waals surface area contributed by atoms with E-state index in [4.69, 9.17) is 28.9 Å². The number of pyridine rings is 1. The molecule has 0 radical (unpaired) electrons. The highest BCUT2D eigenvalue weighted by atomic mass is 35.5. The van der Waals surface area contributed by atoms with Crippen molar-refractivity contribution < 1.29 is 5.11 Å². The Labute approximate surface area is 194 Å². The van der Waals surface area contributed by atoms with Gasteiger partial charge in [-0.15, -0.1) is 0 Å². The second kappa shape index (κ2) is 10.4. The lowest BCUT2D eigenvalue weighted by atomic mass is 9.69. The lowest BCUT2D eigenvalue weighted by Gasteiger charge is -2.40. The first-order valence-electron chi connectivity index (χ1n) is 10.6. The van der Waals surface area contributed by atoms with E-state index in [0.717, 1.165) is 37.3 Å². The number of rotatable bonds is 7. The number of nitrogens with one attached hydrogen (secondary N) is 1. The SMILES string of the molecule is C/C(N)=C/C=C1\CN(CC2(C)CCCC(C/C=C(/O)Nc3ncc(Cl)cc3Cl)C2)C=N1. The Kier molecular flexibility index (Phi) is 7.89. The molecule has 1 aromatic rings. The van der Waals surface area contributed by atoms with Crippen molar-refractivity contribution in [1.29, 1.82) is 0 Å². The van der Waals surface area contributed by atoms with Crippen LogP contribution < -0.4 is 11.1 Å². The van der Waals surface area contributed by atoms with Gasteiger partial charge in [-0.1, -0.05) is 43.0 Å². The molecule has 0 aromatic carbocycles. The molecule has 2 aliphatic rings. The first-order chi connectivity index (χ1) is 14.7. The van der Waals surface area contributed by atoms with E-state index in [-0.39, 0.29) is 11.3 Å². The monoisotopic (exact) mass is 463 g/mol. The van der Waals surface area contributed by atoms with Gasteiger partial charge in [-0.2, -0.15) is 0 Å². The van der Waals surface area contributed by atoms with E-state index in [0.29, 0.717) is 21.8 Å². The van der Waals surface area contributed by atoms with Gasteiger partial charge >= 0.3 is 0 Å². The second-order valence-corrected chi connectivity index (χ2v) is 9.77. The van der Waals surface area contributed by atoms with E-state index in [1.165, 1.54) is 25.5 Å². The molecule has 0 spiro atoms. The summed E-state index contributed by atoms with van der Waals surface area (Å²) in [5, 5.41) is 14.0. The molecule has 6 nitrogen and oxygen atoms in total. The van der Waals surface area contributed by atoms with Crippen LogP contribution in [0.15, 0.2) is 52.8 Å². The van der Waals surface area contributed by atoms with Crippen LogP contribution in [0.1, 0.15) is 46.0 Å². The lowest BCUT2D eigenvalue weighted by molar-refractivity contribution is 0.130. The van der Waals surface area contributed by atoms with Gasteiger partial charge in [-0.05, 0) is 61.8 Å². The molecule has 168 valence electrons. The summed E-state index contributed by atoms with van der Waals surface area (Å²) in [4.78, 5) is 10.9. The van der Waals surface area contributed by atoms with Crippen LogP contribution in [0.2, 0.25) is 10.0 Å². The summed E-state index contributed by atoms with van der Waals surface area (Å²) in [7, 11) is 0. The third-order valence-electron chi connectivity index (χ3n) is 5.75. The lowest BCUT2D eigenvalue weighted by Crippen LogP contribution is -2.37. The molecular formula is C23H31Cl2N5O. The van der Waals surface area contributed by atoms with Crippen molar-refractivity contribution >= 4 is 35.4 Å². The molecule has 0 saturated heterocycles. The van der Waals surface area contributed by atoms with Gasteiger partial charge in [0.15, 0.2) is 11.7 Å². The molecule has 31 heavy (non-hydrogen) atoms. The van der Waals surface area contributed by atoms with E-state index in [1.807, 2.05) is 31.5 Å². The molecule has 1 fully saturated rings. The minimum absolute atomic E-state index is 0.0636. The first kappa shape index (κ1) is 23.5. The van der Waals surface area contributed by atoms with Crippen LogP contribution in [0, 0.1) is 11.3 Å². The number of aliphatic imine (C=N–C) groups is 1. The topological polar surface area (TPSA) is 86.8 Å². The summed E-state index contributed by atoms with van der Waals surface area (Å²) in [5.74, 6) is 0.979. The van der Waals surface area contributed by atoms with Crippen molar-refractivity contribution in [3.05, 3.63) is 57.8 Å². The fourth-order valence-electron chi connectivity index (χ4n) is 4.38. The van der Waals surface area contributed by atoms with Gasteiger partial charge in [-0.3, -0.25) is 0 Å². The third-order valence-corrected chi connectivity index (χ3v) is 6.24. The highest BCUT2D eigenvalue weighted by Crippen LogP contribution is 2.41. The van der Waals surface area contributed by atoms with Gasteiger partial charge in [0.2, 0.25) is 0 Å². The zero-order valence-corrected chi connectivity index (χ0v) is 19.6. The number of nitrogens with two attached hydrogens (primary N) is 1. The highest BCUT2D eigenvalue weighted by Gasteiger charge is 2.33. The van der Waals surface area contributed by atoms with Crippen LogP contribution in [-0.2, 0) is 0 Å². The van der Waals surface area contributed by atoms with Gasteiger partial charge in [-0.25, -0.2) is 9.98 Å². The van der Waals surface area contributed by atoms with Crippen molar-refractivity contribution in [1.82, 2.24) is 9.88 Å². The Morgan fingerprint density at radius 2 is 2.26 bits per heavy atom. The number of hydrogen-bond donors (Lipinski definition) is 3. The first-order valence-corrected chi connectivity index (χ1v) is 11.4. The minimum Gasteiger partial charge on any atom is -0.495 e. The summed E-state index contributed by atoms with van der Waals surface area (Å²) in [6.07, 6.45) is 14.6. The molecule has 1 saturated carbocycles. The quantitative estimate of drug-likeness (QED) is 0.439. The molecule has 2 atom stereocenters. The summed E-state index contributed by atoms with van der Waals surface area (Å²) in [6.45, 7) is 6.04. The average molecular weight is 464 g/mol. The summed E-state index contributed by atoms with van der Waals surface area (Å²) in [5.41, 5.74) is 7.75.